The molecule has 1 aliphatic rings. The van der Waals surface area contributed by atoms with Crippen LogP contribution in [0.2, 0.25) is 0 Å². The smallest absolute Gasteiger partial charge is 0.322 e. The summed E-state index contributed by atoms with van der Waals surface area (Å²) < 4.78 is 24.3. The zero-order valence-electron chi connectivity index (χ0n) is 20.2. The summed E-state index contributed by atoms with van der Waals surface area (Å²) in [6.07, 6.45) is 1.67. The van der Waals surface area contributed by atoms with E-state index in [0.717, 1.165) is 23.3 Å². The number of methoxy groups -OCH3 is 1. The number of thiophene rings is 1. The van der Waals surface area contributed by atoms with Crippen molar-refractivity contribution in [3.05, 3.63) is 82.3 Å². The molecule has 1 N–H and O–H groups in total. The number of nitrogens with one attached hydrogen (secondary N) is 1. The van der Waals surface area contributed by atoms with Crippen molar-refractivity contribution in [3.63, 3.8) is 0 Å². The molecule has 3 aromatic rings. The fourth-order valence-corrected chi connectivity index (χ4v) is 4.75. The summed E-state index contributed by atoms with van der Waals surface area (Å²) in [4.78, 5) is 31.0. The molecule has 1 saturated heterocycles. The van der Waals surface area contributed by atoms with Crippen molar-refractivity contribution in [1.82, 2.24) is 9.80 Å². The molecule has 2 heterocycles. The third-order valence-electron chi connectivity index (χ3n) is 5.97. The molecular formula is C27H30FN3O4S. The van der Waals surface area contributed by atoms with Gasteiger partial charge in [-0.15, -0.1) is 11.3 Å². The molecule has 0 bridgehead atoms. The van der Waals surface area contributed by atoms with Crippen molar-refractivity contribution < 1.29 is 23.5 Å². The topological polar surface area (TPSA) is 71.1 Å². The monoisotopic (exact) mass is 511 g/mol. The molecule has 3 amide bonds. The lowest BCUT2D eigenvalue weighted by Gasteiger charge is -2.29. The number of carbonyl (C=O) groups is 2. The van der Waals surface area contributed by atoms with E-state index < -0.39 is 0 Å². The van der Waals surface area contributed by atoms with E-state index in [4.69, 9.17) is 9.47 Å². The molecule has 0 aliphatic carbocycles. The molecule has 2 aromatic carbocycles. The zero-order valence-corrected chi connectivity index (χ0v) is 21.0. The minimum Gasteiger partial charge on any atom is -0.497 e. The normalized spacial score (nSPS) is 14.9. The Kier molecular flexibility index (Phi) is 8.91. The Hall–Kier alpha value is -3.43. The van der Waals surface area contributed by atoms with Gasteiger partial charge in [0.25, 0.3) is 0 Å². The highest BCUT2D eigenvalue weighted by atomic mass is 32.1. The molecule has 190 valence electrons. The SMILES string of the molecule is COc1ccc(NC(=O)N(CC(=O)N(Cc2ccc(F)cc2)Cc2cccs2)CC2CCCO2)cc1. The van der Waals surface area contributed by atoms with Crippen molar-refractivity contribution >= 4 is 29.0 Å². The van der Waals surface area contributed by atoms with E-state index in [1.165, 1.54) is 17.0 Å². The number of carbonyl (C=O) groups excluding carboxylic acids is 2. The number of hydrogen-bond donors (Lipinski definition) is 1. The van der Waals surface area contributed by atoms with Gasteiger partial charge in [-0.05, 0) is 66.2 Å². The van der Waals surface area contributed by atoms with Crippen LogP contribution in [0.15, 0.2) is 66.0 Å². The molecule has 1 aliphatic heterocycles. The second-order valence-corrected chi connectivity index (χ2v) is 9.66. The second kappa shape index (κ2) is 12.5. The largest absolute Gasteiger partial charge is 0.497 e. The summed E-state index contributed by atoms with van der Waals surface area (Å²) in [5.74, 6) is 0.160. The average Bonchev–Trinajstić information content (AvgIpc) is 3.59. The van der Waals surface area contributed by atoms with Gasteiger partial charge < -0.3 is 24.6 Å². The first-order valence-corrected chi connectivity index (χ1v) is 12.7. The van der Waals surface area contributed by atoms with Crippen LogP contribution in [0.5, 0.6) is 5.75 Å². The van der Waals surface area contributed by atoms with Crippen molar-refractivity contribution in [1.29, 1.82) is 0 Å². The number of amides is 3. The van der Waals surface area contributed by atoms with Gasteiger partial charge in [-0.1, -0.05) is 18.2 Å². The van der Waals surface area contributed by atoms with E-state index in [0.29, 0.717) is 37.7 Å². The summed E-state index contributed by atoms with van der Waals surface area (Å²) in [5, 5.41) is 4.84. The highest BCUT2D eigenvalue weighted by molar-refractivity contribution is 7.09. The van der Waals surface area contributed by atoms with Crippen LogP contribution < -0.4 is 10.1 Å². The van der Waals surface area contributed by atoms with Crippen LogP contribution >= 0.6 is 11.3 Å². The predicted octanol–water partition coefficient (Wildman–Crippen LogP) is 5.14. The first-order chi connectivity index (χ1) is 17.5. The van der Waals surface area contributed by atoms with Crippen LogP contribution in [0.4, 0.5) is 14.9 Å². The maximum absolute atomic E-state index is 13.5. The molecule has 7 nitrogen and oxygen atoms in total. The summed E-state index contributed by atoms with van der Waals surface area (Å²) in [6, 6.07) is 16.7. The van der Waals surface area contributed by atoms with E-state index in [1.807, 2.05) is 17.5 Å². The number of halogens is 1. The Bertz CT molecular complexity index is 1120. The van der Waals surface area contributed by atoms with Gasteiger partial charge in [0.1, 0.15) is 18.1 Å². The average molecular weight is 512 g/mol. The van der Waals surface area contributed by atoms with Crippen LogP contribution in [0.25, 0.3) is 0 Å². The van der Waals surface area contributed by atoms with Gasteiger partial charge in [0.2, 0.25) is 5.91 Å². The molecule has 1 aromatic heterocycles. The first kappa shape index (κ1) is 25.7. The standard InChI is InChI=1S/C27H30FN3O4S/c1-34-23-12-10-22(11-13-23)29-27(33)31(17-24-4-2-14-35-24)19-26(32)30(18-25-5-3-15-36-25)16-20-6-8-21(28)9-7-20/h3,5-13,15,24H,2,4,14,16-19H2,1H3,(H,29,33). The summed E-state index contributed by atoms with van der Waals surface area (Å²) >= 11 is 1.56. The number of ether oxygens (including phenoxy) is 2. The molecule has 0 spiro atoms. The minimum absolute atomic E-state index is 0.103. The Morgan fingerprint density at radius 2 is 1.86 bits per heavy atom. The van der Waals surface area contributed by atoms with E-state index in [9.17, 15) is 14.0 Å². The minimum atomic E-state index is -0.373. The molecule has 1 fully saturated rings. The second-order valence-electron chi connectivity index (χ2n) is 8.63. The van der Waals surface area contributed by atoms with Gasteiger partial charge in [0.15, 0.2) is 0 Å². The Morgan fingerprint density at radius 3 is 2.50 bits per heavy atom. The molecule has 0 saturated carbocycles. The van der Waals surface area contributed by atoms with Crippen LogP contribution in [-0.2, 0) is 22.6 Å². The molecular weight excluding hydrogens is 481 g/mol. The maximum atomic E-state index is 13.5. The Balaban J connectivity index is 1.49. The molecule has 1 unspecified atom stereocenters. The van der Waals surface area contributed by atoms with Crippen LogP contribution in [0, 0.1) is 5.82 Å². The fourth-order valence-electron chi connectivity index (χ4n) is 4.03. The lowest BCUT2D eigenvalue weighted by Crippen LogP contribution is -2.46. The molecule has 4 rings (SSSR count). The van der Waals surface area contributed by atoms with Crippen molar-refractivity contribution in [3.8, 4) is 5.75 Å². The van der Waals surface area contributed by atoms with Gasteiger partial charge in [0.05, 0.1) is 19.8 Å². The van der Waals surface area contributed by atoms with Crippen molar-refractivity contribution in [2.75, 3.05) is 32.1 Å². The number of anilines is 1. The van der Waals surface area contributed by atoms with Crippen LogP contribution in [-0.4, -0.2) is 54.6 Å². The quantitative estimate of drug-likeness (QED) is 0.409. The van der Waals surface area contributed by atoms with Crippen LogP contribution in [0.1, 0.15) is 23.3 Å². The summed E-state index contributed by atoms with van der Waals surface area (Å²) in [6.45, 7) is 1.58. The van der Waals surface area contributed by atoms with Crippen molar-refractivity contribution in [2.24, 2.45) is 0 Å². The van der Waals surface area contributed by atoms with E-state index >= 15 is 0 Å². The molecule has 1 atom stereocenters. The number of benzene rings is 2. The predicted molar refractivity (Wildman–Crippen MR) is 138 cm³/mol. The highest BCUT2D eigenvalue weighted by Crippen LogP contribution is 2.19. The van der Waals surface area contributed by atoms with Crippen LogP contribution in [0.3, 0.4) is 0 Å². The zero-order chi connectivity index (χ0) is 25.3. The molecule has 36 heavy (non-hydrogen) atoms. The Labute approximate surface area is 214 Å². The van der Waals surface area contributed by atoms with E-state index in [2.05, 4.69) is 5.32 Å². The van der Waals surface area contributed by atoms with Gasteiger partial charge in [0, 0.05) is 30.3 Å². The number of nitrogens with zero attached hydrogens (tertiary/aromatic N) is 2. The molecule has 9 heteroatoms. The lowest BCUT2D eigenvalue weighted by atomic mass is 10.2. The van der Waals surface area contributed by atoms with E-state index in [-0.39, 0.29) is 30.4 Å². The lowest BCUT2D eigenvalue weighted by molar-refractivity contribution is -0.133. The van der Waals surface area contributed by atoms with Gasteiger partial charge in [-0.25, -0.2) is 9.18 Å². The number of rotatable bonds is 10. The van der Waals surface area contributed by atoms with Gasteiger partial charge in [-0.3, -0.25) is 4.79 Å². The fraction of sp³-hybridized carbons (Fsp3) is 0.333. The Morgan fingerprint density at radius 1 is 1.08 bits per heavy atom. The van der Waals surface area contributed by atoms with Gasteiger partial charge in [-0.2, -0.15) is 0 Å². The van der Waals surface area contributed by atoms with Gasteiger partial charge >= 0.3 is 6.03 Å². The van der Waals surface area contributed by atoms with E-state index in [1.54, 1.807) is 59.7 Å². The van der Waals surface area contributed by atoms with Crippen molar-refractivity contribution in [2.45, 2.75) is 32.0 Å². The number of hydrogen-bond acceptors (Lipinski definition) is 5. The number of urea groups is 1. The summed E-state index contributed by atoms with van der Waals surface area (Å²) in [7, 11) is 1.58. The third kappa shape index (κ3) is 7.29. The molecule has 0 radical (unpaired) electrons. The first-order valence-electron chi connectivity index (χ1n) is 11.9. The third-order valence-corrected chi connectivity index (χ3v) is 6.83. The summed E-state index contributed by atoms with van der Waals surface area (Å²) in [5.41, 5.74) is 1.42. The maximum Gasteiger partial charge on any atom is 0.322 e. The highest BCUT2D eigenvalue weighted by Gasteiger charge is 2.27.